The Labute approximate surface area is 105 Å². The van der Waals surface area contributed by atoms with E-state index in [1.165, 1.54) is 5.56 Å². The zero-order chi connectivity index (χ0) is 11.4. The Kier molecular flexibility index (Phi) is 4.02. The molecule has 2 nitrogen and oxygen atoms in total. The highest BCUT2D eigenvalue weighted by Gasteiger charge is 2.19. The molecule has 1 aliphatic heterocycles. The molecule has 1 unspecified atom stereocenters. The first-order valence-corrected chi connectivity index (χ1v) is 6.37. The lowest BCUT2D eigenvalue weighted by Gasteiger charge is -2.24. The molecule has 0 amide bonds. The van der Waals surface area contributed by atoms with Crippen molar-refractivity contribution < 1.29 is 4.74 Å². The normalized spacial score (nSPS) is 17.5. The van der Waals surface area contributed by atoms with Crippen LogP contribution in [0.3, 0.4) is 0 Å². The molecule has 2 rings (SSSR count). The molecule has 0 saturated carbocycles. The molecule has 1 atom stereocenters. The Morgan fingerprint density at radius 1 is 1.38 bits per heavy atom. The highest BCUT2D eigenvalue weighted by Crippen LogP contribution is 2.30. The maximum atomic E-state index is 5.72. The molecule has 3 heteroatoms. The number of rotatable bonds is 3. The first-order valence-electron chi connectivity index (χ1n) is 5.57. The van der Waals surface area contributed by atoms with Gasteiger partial charge in [-0.2, -0.15) is 0 Å². The summed E-state index contributed by atoms with van der Waals surface area (Å²) in [4.78, 5) is 0. The van der Waals surface area contributed by atoms with Crippen LogP contribution in [0.1, 0.15) is 24.4 Å². The summed E-state index contributed by atoms with van der Waals surface area (Å²) in [6, 6.07) is 8.40. The van der Waals surface area contributed by atoms with Gasteiger partial charge >= 0.3 is 0 Å². The summed E-state index contributed by atoms with van der Waals surface area (Å²) in [6.45, 7) is 0.828. The van der Waals surface area contributed by atoms with E-state index >= 15 is 0 Å². The van der Waals surface area contributed by atoms with Crippen LogP contribution in [0, 0.1) is 0 Å². The number of ether oxygens (including phenoxy) is 1. The predicted molar refractivity (Wildman–Crippen MR) is 69.2 cm³/mol. The van der Waals surface area contributed by atoms with Crippen LogP contribution in [0.2, 0.25) is 0 Å². The second-order valence-electron chi connectivity index (χ2n) is 3.84. The van der Waals surface area contributed by atoms with Crippen LogP contribution < -0.4 is 5.32 Å². The standard InChI is InChI=1S/C13H16BrNO/c1-15-13(12-8-4-5-9-16-12)10-6-2-3-7-11(10)14/h2-3,6-8,13,15H,4-5,9H2,1H3. The maximum Gasteiger partial charge on any atom is 0.113 e. The first-order chi connectivity index (χ1) is 7.83. The van der Waals surface area contributed by atoms with Gasteiger partial charge in [0.05, 0.1) is 12.6 Å². The van der Waals surface area contributed by atoms with Gasteiger partial charge in [-0.1, -0.05) is 34.1 Å². The highest BCUT2D eigenvalue weighted by atomic mass is 79.9. The van der Waals surface area contributed by atoms with E-state index in [0.29, 0.717) is 0 Å². The summed E-state index contributed by atoms with van der Waals surface area (Å²) in [5, 5.41) is 3.31. The Hall–Kier alpha value is -0.800. The minimum absolute atomic E-state index is 0.149. The zero-order valence-corrected chi connectivity index (χ0v) is 11.0. The molecule has 1 aliphatic rings. The molecule has 1 N–H and O–H groups in total. The van der Waals surface area contributed by atoms with E-state index in [0.717, 1.165) is 29.7 Å². The first kappa shape index (κ1) is 11.7. The molecule has 0 aliphatic carbocycles. The van der Waals surface area contributed by atoms with E-state index in [4.69, 9.17) is 4.74 Å². The van der Waals surface area contributed by atoms with E-state index in [1.54, 1.807) is 0 Å². The van der Waals surface area contributed by atoms with E-state index in [-0.39, 0.29) is 6.04 Å². The van der Waals surface area contributed by atoms with E-state index in [9.17, 15) is 0 Å². The molecule has 1 aromatic rings. The van der Waals surface area contributed by atoms with Crippen LogP contribution in [0.5, 0.6) is 0 Å². The third kappa shape index (κ3) is 2.47. The third-order valence-corrected chi connectivity index (χ3v) is 3.47. The summed E-state index contributed by atoms with van der Waals surface area (Å²) < 4.78 is 6.83. The van der Waals surface area contributed by atoms with Crippen LogP contribution in [0.25, 0.3) is 0 Å². The molecule has 1 aromatic carbocycles. The van der Waals surface area contributed by atoms with Crippen molar-refractivity contribution in [2.45, 2.75) is 18.9 Å². The SMILES string of the molecule is CNC(C1=CCCCO1)c1ccccc1Br. The Morgan fingerprint density at radius 2 is 2.19 bits per heavy atom. The summed E-state index contributed by atoms with van der Waals surface area (Å²) in [5.74, 6) is 1.04. The number of allylic oxidation sites excluding steroid dienone is 1. The Morgan fingerprint density at radius 3 is 2.81 bits per heavy atom. The lowest BCUT2D eigenvalue weighted by atomic mass is 10.0. The van der Waals surface area contributed by atoms with Gasteiger partial charge in [0.2, 0.25) is 0 Å². The van der Waals surface area contributed by atoms with Crippen LogP contribution in [0.4, 0.5) is 0 Å². The fraction of sp³-hybridized carbons (Fsp3) is 0.385. The third-order valence-electron chi connectivity index (χ3n) is 2.75. The van der Waals surface area contributed by atoms with E-state index < -0.39 is 0 Å². The molecular formula is C13H16BrNO. The van der Waals surface area contributed by atoms with Crippen molar-refractivity contribution in [2.75, 3.05) is 13.7 Å². The van der Waals surface area contributed by atoms with Crippen molar-refractivity contribution in [3.05, 3.63) is 46.1 Å². The van der Waals surface area contributed by atoms with Crippen molar-refractivity contribution >= 4 is 15.9 Å². The number of halogens is 1. The van der Waals surface area contributed by atoms with Crippen molar-refractivity contribution in [3.63, 3.8) is 0 Å². The number of hydrogen-bond donors (Lipinski definition) is 1. The second-order valence-corrected chi connectivity index (χ2v) is 4.69. The largest absolute Gasteiger partial charge is 0.496 e. The Bertz CT molecular complexity index is 389. The topological polar surface area (TPSA) is 21.3 Å². The van der Waals surface area contributed by atoms with Crippen molar-refractivity contribution in [2.24, 2.45) is 0 Å². The van der Waals surface area contributed by atoms with Crippen molar-refractivity contribution in [1.82, 2.24) is 5.32 Å². The van der Waals surface area contributed by atoms with Crippen LogP contribution >= 0.6 is 15.9 Å². The lowest BCUT2D eigenvalue weighted by Crippen LogP contribution is -2.22. The van der Waals surface area contributed by atoms with Crippen molar-refractivity contribution in [3.8, 4) is 0 Å². The smallest absolute Gasteiger partial charge is 0.113 e. The molecule has 0 aromatic heterocycles. The van der Waals surface area contributed by atoms with Gasteiger partial charge < -0.3 is 10.1 Å². The van der Waals surface area contributed by atoms with Gasteiger partial charge in [0.15, 0.2) is 0 Å². The zero-order valence-electron chi connectivity index (χ0n) is 9.37. The van der Waals surface area contributed by atoms with Gasteiger partial charge in [0.1, 0.15) is 5.76 Å². The summed E-state index contributed by atoms with van der Waals surface area (Å²) in [7, 11) is 1.96. The predicted octanol–water partition coefficient (Wildman–Crippen LogP) is 3.40. The fourth-order valence-corrected chi connectivity index (χ4v) is 2.45. The molecule has 0 saturated heterocycles. The monoisotopic (exact) mass is 281 g/mol. The van der Waals surface area contributed by atoms with Crippen LogP contribution in [-0.2, 0) is 4.74 Å². The quantitative estimate of drug-likeness (QED) is 0.917. The van der Waals surface area contributed by atoms with Gasteiger partial charge in [-0.15, -0.1) is 0 Å². The molecule has 0 fully saturated rings. The van der Waals surface area contributed by atoms with Gasteiger partial charge in [-0.05, 0) is 37.6 Å². The maximum absolute atomic E-state index is 5.72. The minimum Gasteiger partial charge on any atom is -0.496 e. The lowest BCUT2D eigenvalue weighted by molar-refractivity contribution is 0.169. The van der Waals surface area contributed by atoms with Crippen LogP contribution in [0.15, 0.2) is 40.6 Å². The van der Waals surface area contributed by atoms with Crippen molar-refractivity contribution in [1.29, 1.82) is 0 Å². The van der Waals surface area contributed by atoms with Gasteiger partial charge in [-0.25, -0.2) is 0 Å². The molecule has 86 valence electrons. The molecular weight excluding hydrogens is 266 g/mol. The molecule has 0 radical (unpaired) electrons. The molecule has 16 heavy (non-hydrogen) atoms. The summed E-state index contributed by atoms with van der Waals surface area (Å²) >= 11 is 3.58. The van der Waals surface area contributed by atoms with Gasteiger partial charge in [0.25, 0.3) is 0 Å². The fourth-order valence-electron chi connectivity index (χ4n) is 1.94. The average Bonchev–Trinajstić information content (AvgIpc) is 2.34. The molecule has 0 bridgehead atoms. The number of benzene rings is 1. The number of nitrogens with one attached hydrogen (secondary N) is 1. The summed E-state index contributed by atoms with van der Waals surface area (Å²) in [6.07, 6.45) is 4.41. The highest BCUT2D eigenvalue weighted by molar-refractivity contribution is 9.10. The molecule has 0 spiro atoms. The van der Waals surface area contributed by atoms with Gasteiger partial charge in [0, 0.05) is 4.47 Å². The number of likely N-dealkylation sites (N-methyl/N-ethyl adjacent to an activating group) is 1. The van der Waals surface area contributed by atoms with Crippen LogP contribution in [-0.4, -0.2) is 13.7 Å². The van der Waals surface area contributed by atoms with E-state index in [1.807, 2.05) is 19.2 Å². The molecule has 1 heterocycles. The second kappa shape index (κ2) is 5.51. The van der Waals surface area contributed by atoms with E-state index in [2.05, 4.69) is 39.5 Å². The van der Waals surface area contributed by atoms with Gasteiger partial charge in [-0.3, -0.25) is 0 Å². The summed E-state index contributed by atoms with van der Waals surface area (Å²) in [5.41, 5.74) is 1.22. The average molecular weight is 282 g/mol. The Balaban J connectivity index is 2.28. The number of hydrogen-bond acceptors (Lipinski definition) is 2. The minimum atomic E-state index is 0.149.